The first-order valence-corrected chi connectivity index (χ1v) is 5.19. The van der Waals surface area contributed by atoms with Gasteiger partial charge in [0.05, 0.1) is 17.4 Å². The Bertz CT molecular complexity index is 337. The third-order valence-corrected chi connectivity index (χ3v) is 2.16. The van der Waals surface area contributed by atoms with Crippen LogP contribution in [0.15, 0.2) is 24.3 Å². The lowest BCUT2D eigenvalue weighted by molar-refractivity contribution is 0.102. The first-order chi connectivity index (χ1) is 6.27. The zero-order valence-corrected chi connectivity index (χ0v) is 8.10. The van der Waals surface area contributed by atoms with Crippen LogP contribution in [0.1, 0.15) is 15.9 Å². The molecule has 2 nitrogen and oxygen atoms in total. The van der Waals surface area contributed by atoms with Crippen molar-refractivity contribution < 1.29 is 4.79 Å². The van der Waals surface area contributed by atoms with Crippen LogP contribution in [0.5, 0.6) is 0 Å². The minimum atomic E-state index is 0.108. The second-order valence-electron chi connectivity index (χ2n) is 2.55. The fourth-order valence-corrected chi connectivity index (χ4v) is 1.37. The summed E-state index contributed by atoms with van der Waals surface area (Å²) in [6, 6.07) is 8.71. The Balaban J connectivity index is 2.81. The molecule has 3 heteroatoms. The van der Waals surface area contributed by atoms with Crippen LogP contribution in [-0.4, -0.2) is 17.8 Å². The smallest absolute Gasteiger partial charge is 0.172 e. The number of Topliss-reactive ketones (excluding diaryl/α,β-unsaturated/α-hetero) is 1. The van der Waals surface area contributed by atoms with Crippen molar-refractivity contribution in [1.82, 2.24) is 0 Å². The van der Waals surface area contributed by atoms with Crippen LogP contribution in [0.3, 0.4) is 0 Å². The molecule has 0 saturated heterocycles. The first kappa shape index (κ1) is 9.82. The molecule has 0 aliphatic rings. The van der Waals surface area contributed by atoms with E-state index in [4.69, 9.17) is 5.26 Å². The van der Waals surface area contributed by atoms with E-state index in [0.717, 1.165) is 0 Å². The number of hydrogen-bond donors (Lipinski definition) is 0. The highest BCUT2D eigenvalue weighted by atomic mass is 32.2. The molecule has 0 amide bonds. The number of nitriles is 1. The lowest BCUT2D eigenvalue weighted by atomic mass is 10.1. The summed E-state index contributed by atoms with van der Waals surface area (Å²) in [6.07, 6.45) is 1.89. The summed E-state index contributed by atoms with van der Waals surface area (Å²) < 4.78 is 0. The normalized spacial score (nSPS) is 9.23. The minimum absolute atomic E-state index is 0.108. The maximum Gasteiger partial charge on any atom is 0.172 e. The maximum absolute atomic E-state index is 11.3. The minimum Gasteiger partial charge on any atom is -0.293 e. The van der Waals surface area contributed by atoms with Crippen LogP contribution in [0.25, 0.3) is 0 Å². The van der Waals surface area contributed by atoms with Crippen molar-refractivity contribution in [2.75, 3.05) is 12.0 Å². The quantitative estimate of drug-likeness (QED) is 0.687. The highest BCUT2D eigenvalue weighted by Gasteiger charge is 2.03. The van der Waals surface area contributed by atoms with E-state index < -0.39 is 0 Å². The molecule has 0 heterocycles. The Morgan fingerprint density at radius 2 is 2.08 bits per heavy atom. The van der Waals surface area contributed by atoms with E-state index in [1.807, 2.05) is 12.3 Å². The summed E-state index contributed by atoms with van der Waals surface area (Å²) in [5, 5.41) is 8.53. The fraction of sp³-hybridized carbons (Fsp3) is 0.200. The highest BCUT2D eigenvalue weighted by molar-refractivity contribution is 7.99. The van der Waals surface area contributed by atoms with E-state index in [9.17, 15) is 4.79 Å². The molecular formula is C10H9NOS. The van der Waals surface area contributed by atoms with Gasteiger partial charge in [-0.25, -0.2) is 0 Å². The second kappa shape index (κ2) is 4.68. The summed E-state index contributed by atoms with van der Waals surface area (Å²) in [5.74, 6) is 0.600. The average molecular weight is 191 g/mol. The second-order valence-corrected chi connectivity index (χ2v) is 3.41. The molecule has 13 heavy (non-hydrogen) atoms. The number of carbonyl (C=O) groups excluding carboxylic acids is 1. The van der Waals surface area contributed by atoms with E-state index in [1.54, 1.807) is 24.3 Å². The van der Waals surface area contributed by atoms with E-state index in [-0.39, 0.29) is 5.78 Å². The molecule has 0 spiro atoms. The van der Waals surface area contributed by atoms with Crippen LogP contribution >= 0.6 is 11.8 Å². The van der Waals surface area contributed by atoms with Gasteiger partial charge in [-0.1, -0.05) is 12.1 Å². The molecule has 0 aliphatic heterocycles. The predicted octanol–water partition coefficient (Wildman–Crippen LogP) is 2.10. The zero-order chi connectivity index (χ0) is 9.68. The van der Waals surface area contributed by atoms with Crippen LogP contribution in [-0.2, 0) is 0 Å². The average Bonchev–Trinajstić information content (AvgIpc) is 2.18. The summed E-state index contributed by atoms with van der Waals surface area (Å²) >= 11 is 1.50. The molecule has 0 bridgehead atoms. The molecule has 0 N–H and O–H groups in total. The Morgan fingerprint density at radius 3 is 2.54 bits per heavy atom. The maximum atomic E-state index is 11.3. The molecule has 66 valence electrons. The van der Waals surface area contributed by atoms with Gasteiger partial charge in [0.2, 0.25) is 0 Å². The van der Waals surface area contributed by atoms with Gasteiger partial charge in [0.25, 0.3) is 0 Å². The van der Waals surface area contributed by atoms with Crippen molar-refractivity contribution in [1.29, 1.82) is 5.26 Å². The fourth-order valence-electron chi connectivity index (χ4n) is 0.945. The van der Waals surface area contributed by atoms with Gasteiger partial charge in [0.15, 0.2) is 5.78 Å². The van der Waals surface area contributed by atoms with Crippen molar-refractivity contribution >= 4 is 17.5 Å². The first-order valence-electron chi connectivity index (χ1n) is 3.80. The van der Waals surface area contributed by atoms with Crippen molar-refractivity contribution in [3.8, 4) is 6.07 Å². The molecule has 0 aliphatic carbocycles. The lowest BCUT2D eigenvalue weighted by Crippen LogP contribution is -2.01. The van der Waals surface area contributed by atoms with Crippen LogP contribution in [0, 0.1) is 11.3 Å². The molecule has 0 fully saturated rings. The molecule has 1 aromatic rings. The van der Waals surface area contributed by atoms with Crippen molar-refractivity contribution in [2.45, 2.75) is 0 Å². The molecule has 1 aromatic carbocycles. The van der Waals surface area contributed by atoms with E-state index in [1.165, 1.54) is 11.8 Å². The van der Waals surface area contributed by atoms with Crippen molar-refractivity contribution in [2.24, 2.45) is 0 Å². The third kappa shape index (κ3) is 2.60. The summed E-state index contributed by atoms with van der Waals surface area (Å²) in [5.41, 5.74) is 1.26. The van der Waals surface area contributed by atoms with Crippen molar-refractivity contribution in [3.05, 3.63) is 35.4 Å². The lowest BCUT2D eigenvalue weighted by Gasteiger charge is -1.97. The largest absolute Gasteiger partial charge is 0.293 e. The number of ketones is 1. The van der Waals surface area contributed by atoms with Gasteiger partial charge in [-0.05, 0) is 18.4 Å². The van der Waals surface area contributed by atoms with Crippen molar-refractivity contribution in [3.63, 3.8) is 0 Å². The molecule has 0 radical (unpaired) electrons. The van der Waals surface area contributed by atoms with E-state index in [0.29, 0.717) is 16.9 Å². The van der Waals surface area contributed by atoms with Crippen LogP contribution in [0.2, 0.25) is 0 Å². The van der Waals surface area contributed by atoms with Crippen LogP contribution < -0.4 is 0 Å². The number of carbonyl (C=O) groups is 1. The topological polar surface area (TPSA) is 40.9 Å². The van der Waals surface area contributed by atoms with E-state index >= 15 is 0 Å². The van der Waals surface area contributed by atoms with Gasteiger partial charge in [-0.2, -0.15) is 17.0 Å². The van der Waals surface area contributed by atoms with Gasteiger partial charge in [0, 0.05) is 5.56 Å². The van der Waals surface area contributed by atoms with Gasteiger partial charge < -0.3 is 0 Å². The Hall–Kier alpha value is -1.27. The Morgan fingerprint density at radius 1 is 1.46 bits per heavy atom. The molecule has 0 saturated carbocycles. The number of hydrogen-bond acceptors (Lipinski definition) is 3. The molecule has 1 rings (SSSR count). The number of rotatable bonds is 3. The Labute approximate surface area is 81.6 Å². The van der Waals surface area contributed by atoms with Gasteiger partial charge in [-0.15, -0.1) is 0 Å². The number of nitrogens with zero attached hydrogens (tertiary/aromatic N) is 1. The van der Waals surface area contributed by atoms with E-state index in [2.05, 4.69) is 0 Å². The monoisotopic (exact) mass is 191 g/mol. The zero-order valence-electron chi connectivity index (χ0n) is 7.28. The summed E-state index contributed by atoms with van der Waals surface area (Å²) in [7, 11) is 0. The SMILES string of the molecule is CSCC(=O)c1ccc(C#N)cc1. The Kier molecular flexibility index (Phi) is 3.53. The summed E-state index contributed by atoms with van der Waals surface area (Å²) in [4.78, 5) is 11.3. The van der Waals surface area contributed by atoms with Gasteiger partial charge in [-0.3, -0.25) is 4.79 Å². The number of benzene rings is 1. The van der Waals surface area contributed by atoms with Crippen LogP contribution in [0.4, 0.5) is 0 Å². The molecular weight excluding hydrogens is 182 g/mol. The predicted molar refractivity (Wildman–Crippen MR) is 53.9 cm³/mol. The third-order valence-electron chi connectivity index (χ3n) is 1.61. The molecule has 0 unspecified atom stereocenters. The summed E-state index contributed by atoms with van der Waals surface area (Å²) in [6.45, 7) is 0. The standard InChI is InChI=1S/C10H9NOS/c1-13-7-10(12)9-4-2-8(6-11)3-5-9/h2-5H,7H2,1H3. The number of thioether (sulfide) groups is 1. The van der Waals surface area contributed by atoms with Gasteiger partial charge in [0.1, 0.15) is 0 Å². The van der Waals surface area contributed by atoms with Gasteiger partial charge >= 0.3 is 0 Å². The molecule has 0 aromatic heterocycles. The molecule has 0 atom stereocenters. The highest BCUT2D eigenvalue weighted by Crippen LogP contribution is 2.06.